The summed E-state index contributed by atoms with van der Waals surface area (Å²) in [5, 5.41) is 6.30. The summed E-state index contributed by atoms with van der Waals surface area (Å²) in [5.74, 6) is 0.367. The molecule has 110 valence electrons. The van der Waals surface area contributed by atoms with Crippen LogP contribution in [0.2, 0.25) is 0 Å². The first-order valence-electron chi connectivity index (χ1n) is 7.25. The quantitative estimate of drug-likeness (QED) is 0.869. The van der Waals surface area contributed by atoms with Crippen molar-refractivity contribution in [3.8, 4) is 0 Å². The van der Waals surface area contributed by atoms with E-state index in [1.807, 2.05) is 19.9 Å². The van der Waals surface area contributed by atoms with Gasteiger partial charge in [0.05, 0.1) is 5.54 Å². The van der Waals surface area contributed by atoms with Crippen molar-refractivity contribution in [3.05, 3.63) is 35.6 Å². The van der Waals surface area contributed by atoms with Crippen molar-refractivity contribution in [3.63, 3.8) is 0 Å². The van der Waals surface area contributed by atoms with Gasteiger partial charge in [-0.1, -0.05) is 12.1 Å². The van der Waals surface area contributed by atoms with Crippen LogP contribution >= 0.6 is 0 Å². The second kappa shape index (κ2) is 6.35. The number of hydrogen-bond donors (Lipinski definition) is 2. The largest absolute Gasteiger partial charge is 0.347 e. The Morgan fingerprint density at radius 2 is 2.30 bits per heavy atom. The fourth-order valence-corrected chi connectivity index (χ4v) is 2.66. The van der Waals surface area contributed by atoms with Gasteiger partial charge in [0.15, 0.2) is 0 Å². The van der Waals surface area contributed by atoms with Gasteiger partial charge in [0.25, 0.3) is 0 Å². The van der Waals surface area contributed by atoms with Crippen molar-refractivity contribution in [1.29, 1.82) is 0 Å². The average molecular weight is 278 g/mol. The molecule has 1 amide bonds. The summed E-state index contributed by atoms with van der Waals surface area (Å²) in [6.07, 6.45) is 2.60. The monoisotopic (exact) mass is 278 g/mol. The minimum absolute atomic E-state index is 0.0335. The molecule has 1 aromatic carbocycles. The molecule has 1 atom stereocenters. The van der Waals surface area contributed by atoms with Crippen LogP contribution in [0.5, 0.6) is 0 Å². The van der Waals surface area contributed by atoms with Crippen molar-refractivity contribution in [2.75, 3.05) is 13.1 Å². The lowest BCUT2D eigenvalue weighted by Crippen LogP contribution is -2.41. The molecule has 0 saturated carbocycles. The number of hydrogen-bond acceptors (Lipinski definition) is 2. The Morgan fingerprint density at radius 3 is 2.95 bits per heavy atom. The maximum absolute atomic E-state index is 13.3. The number of carbonyl (C=O) groups is 1. The summed E-state index contributed by atoms with van der Waals surface area (Å²) in [7, 11) is 0. The summed E-state index contributed by atoms with van der Waals surface area (Å²) in [6.45, 7) is 5.87. The minimum Gasteiger partial charge on any atom is -0.347 e. The molecule has 1 saturated heterocycles. The van der Waals surface area contributed by atoms with E-state index in [2.05, 4.69) is 10.6 Å². The standard InChI is InChI=1S/C16H23FN2O/c1-16(2,13-4-3-5-14(17)10-13)19-15(20)7-6-12-8-9-18-11-12/h3-5,10,12,18H,6-9,11H2,1-2H3,(H,19,20). The number of carbonyl (C=O) groups excluding carboxylic acids is 1. The van der Waals surface area contributed by atoms with Gasteiger partial charge in [0.2, 0.25) is 5.91 Å². The van der Waals surface area contributed by atoms with Crippen LogP contribution in [0.1, 0.15) is 38.7 Å². The number of benzene rings is 1. The molecule has 2 N–H and O–H groups in total. The van der Waals surface area contributed by atoms with Crippen LogP contribution in [0, 0.1) is 11.7 Å². The van der Waals surface area contributed by atoms with Gasteiger partial charge >= 0.3 is 0 Å². The van der Waals surface area contributed by atoms with Crippen LogP contribution < -0.4 is 10.6 Å². The van der Waals surface area contributed by atoms with Gasteiger partial charge in [-0.3, -0.25) is 4.79 Å². The zero-order valence-corrected chi connectivity index (χ0v) is 12.2. The minimum atomic E-state index is -0.549. The van der Waals surface area contributed by atoms with Crippen molar-refractivity contribution >= 4 is 5.91 Å². The fourth-order valence-electron chi connectivity index (χ4n) is 2.66. The van der Waals surface area contributed by atoms with E-state index in [0.717, 1.165) is 31.5 Å². The van der Waals surface area contributed by atoms with Gasteiger partial charge in [-0.05, 0) is 63.4 Å². The highest BCUT2D eigenvalue weighted by atomic mass is 19.1. The third-order valence-corrected chi connectivity index (χ3v) is 3.94. The van der Waals surface area contributed by atoms with E-state index in [1.54, 1.807) is 6.07 Å². The highest BCUT2D eigenvalue weighted by Gasteiger charge is 2.24. The van der Waals surface area contributed by atoms with E-state index < -0.39 is 5.54 Å². The Balaban J connectivity index is 1.88. The summed E-state index contributed by atoms with van der Waals surface area (Å²) in [6, 6.07) is 6.39. The van der Waals surface area contributed by atoms with E-state index in [-0.39, 0.29) is 11.7 Å². The Bertz CT molecular complexity index is 467. The molecule has 0 radical (unpaired) electrons. The first-order valence-corrected chi connectivity index (χ1v) is 7.25. The van der Waals surface area contributed by atoms with Gasteiger partial charge in [-0.25, -0.2) is 4.39 Å². The summed E-state index contributed by atoms with van der Waals surface area (Å²) < 4.78 is 13.3. The van der Waals surface area contributed by atoms with Crippen LogP contribution in [-0.4, -0.2) is 19.0 Å². The lowest BCUT2D eigenvalue weighted by molar-refractivity contribution is -0.123. The molecule has 1 unspecified atom stereocenters. The predicted molar refractivity (Wildman–Crippen MR) is 77.8 cm³/mol. The van der Waals surface area contributed by atoms with Crippen molar-refractivity contribution in [2.45, 2.75) is 38.6 Å². The number of amides is 1. The maximum Gasteiger partial charge on any atom is 0.220 e. The first-order chi connectivity index (χ1) is 9.47. The number of nitrogens with one attached hydrogen (secondary N) is 2. The molecule has 1 heterocycles. The van der Waals surface area contributed by atoms with E-state index in [1.165, 1.54) is 12.1 Å². The Kier molecular flexibility index (Phi) is 4.76. The molecule has 1 aliphatic rings. The van der Waals surface area contributed by atoms with E-state index in [4.69, 9.17) is 0 Å². The van der Waals surface area contributed by atoms with Gasteiger partial charge < -0.3 is 10.6 Å². The average Bonchev–Trinajstić information content (AvgIpc) is 2.89. The molecule has 0 aliphatic carbocycles. The molecule has 1 aliphatic heterocycles. The second-order valence-electron chi connectivity index (χ2n) is 6.08. The summed E-state index contributed by atoms with van der Waals surface area (Å²) in [5.41, 5.74) is 0.237. The van der Waals surface area contributed by atoms with Crippen LogP contribution in [0.3, 0.4) is 0 Å². The molecule has 4 heteroatoms. The van der Waals surface area contributed by atoms with E-state index in [9.17, 15) is 9.18 Å². The predicted octanol–water partition coefficient (Wildman–Crippen LogP) is 2.57. The van der Waals surface area contributed by atoms with Gasteiger partial charge in [-0.15, -0.1) is 0 Å². The van der Waals surface area contributed by atoms with E-state index in [0.29, 0.717) is 12.3 Å². The zero-order chi connectivity index (χ0) is 14.6. The molecule has 3 nitrogen and oxygen atoms in total. The Morgan fingerprint density at radius 1 is 1.50 bits per heavy atom. The highest BCUT2D eigenvalue weighted by Crippen LogP contribution is 2.21. The molecular formula is C16H23FN2O. The van der Waals surface area contributed by atoms with Crippen molar-refractivity contribution < 1.29 is 9.18 Å². The summed E-state index contributed by atoms with van der Waals surface area (Å²) >= 11 is 0. The number of rotatable bonds is 5. The topological polar surface area (TPSA) is 41.1 Å². The van der Waals surface area contributed by atoms with E-state index >= 15 is 0 Å². The van der Waals surface area contributed by atoms with Crippen molar-refractivity contribution in [1.82, 2.24) is 10.6 Å². The van der Waals surface area contributed by atoms with Crippen LogP contribution in [0.25, 0.3) is 0 Å². The van der Waals surface area contributed by atoms with Crippen LogP contribution in [0.4, 0.5) is 4.39 Å². The number of halogens is 1. The first kappa shape index (κ1) is 15.0. The highest BCUT2D eigenvalue weighted by molar-refractivity contribution is 5.76. The van der Waals surface area contributed by atoms with Gasteiger partial charge in [0.1, 0.15) is 5.82 Å². The fraction of sp³-hybridized carbons (Fsp3) is 0.562. The SMILES string of the molecule is CC(C)(NC(=O)CCC1CCNC1)c1cccc(F)c1. The normalized spacial score (nSPS) is 19.1. The molecular weight excluding hydrogens is 255 g/mol. The maximum atomic E-state index is 13.3. The van der Waals surface area contributed by atoms with Gasteiger partial charge in [0, 0.05) is 6.42 Å². The molecule has 20 heavy (non-hydrogen) atoms. The van der Waals surface area contributed by atoms with Crippen molar-refractivity contribution in [2.24, 2.45) is 5.92 Å². The third kappa shape index (κ3) is 4.04. The molecule has 1 fully saturated rings. The molecule has 0 spiro atoms. The zero-order valence-electron chi connectivity index (χ0n) is 12.2. The lowest BCUT2D eigenvalue weighted by atomic mass is 9.93. The van der Waals surface area contributed by atoms with Gasteiger partial charge in [-0.2, -0.15) is 0 Å². The second-order valence-corrected chi connectivity index (χ2v) is 6.08. The van der Waals surface area contributed by atoms with Crippen LogP contribution in [-0.2, 0) is 10.3 Å². The molecule has 2 rings (SSSR count). The Hall–Kier alpha value is -1.42. The molecule has 0 aromatic heterocycles. The Labute approximate surface area is 120 Å². The molecule has 0 bridgehead atoms. The summed E-state index contributed by atoms with van der Waals surface area (Å²) in [4.78, 5) is 12.0. The van der Waals surface area contributed by atoms with Crippen LogP contribution in [0.15, 0.2) is 24.3 Å². The molecule has 1 aromatic rings. The smallest absolute Gasteiger partial charge is 0.220 e. The lowest BCUT2D eigenvalue weighted by Gasteiger charge is -2.27. The third-order valence-electron chi connectivity index (χ3n) is 3.94.